The Bertz CT molecular complexity index is 1180. The zero-order valence-corrected chi connectivity index (χ0v) is 20.4. The average Bonchev–Trinajstić information content (AvgIpc) is 2.82. The molecule has 0 bridgehead atoms. The van der Waals surface area contributed by atoms with Crippen molar-refractivity contribution in [1.82, 2.24) is 14.9 Å². The second-order valence-corrected chi connectivity index (χ2v) is 9.73. The molecule has 2 aromatic carbocycles. The molecule has 8 heteroatoms. The number of ether oxygens (including phenoxy) is 2. The lowest BCUT2D eigenvalue weighted by Crippen LogP contribution is -2.42. The summed E-state index contributed by atoms with van der Waals surface area (Å²) in [5.41, 5.74) is 8.20. The van der Waals surface area contributed by atoms with Gasteiger partial charge in [0.05, 0.1) is 17.0 Å². The van der Waals surface area contributed by atoms with E-state index in [4.69, 9.17) is 15.2 Å². The van der Waals surface area contributed by atoms with Crippen molar-refractivity contribution < 1.29 is 19.4 Å². The second kappa shape index (κ2) is 10.2. The van der Waals surface area contributed by atoms with E-state index in [-0.39, 0.29) is 23.7 Å². The fourth-order valence-electron chi connectivity index (χ4n) is 4.17. The molecule has 35 heavy (non-hydrogen) atoms. The quantitative estimate of drug-likeness (QED) is 0.525. The molecule has 184 valence electrons. The van der Waals surface area contributed by atoms with Crippen molar-refractivity contribution in [3.8, 4) is 22.8 Å². The Hall–Kier alpha value is -3.81. The van der Waals surface area contributed by atoms with Gasteiger partial charge in [-0.05, 0) is 57.4 Å². The zero-order chi connectivity index (χ0) is 25.0. The number of anilines is 1. The topological polar surface area (TPSA) is 111 Å². The maximum absolute atomic E-state index is 12.6. The summed E-state index contributed by atoms with van der Waals surface area (Å²) in [6.07, 6.45) is 1.35. The Morgan fingerprint density at radius 1 is 1.14 bits per heavy atom. The first kappa shape index (κ1) is 24.3. The SMILES string of the molecule is CC(C)(C)OC(=O)N1CCCC(c2cc(-c3c(O)cccc3OCc3ccccc3)nc(N)n2)C1. The lowest BCUT2D eigenvalue weighted by Gasteiger charge is -2.34. The van der Waals surface area contributed by atoms with E-state index < -0.39 is 5.60 Å². The Balaban J connectivity index is 1.60. The van der Waals surface area contributed by atoms with Gasteiger partial charge in [-0.25, -0.2) is 14.8 Å². The minimum atomic E-state index is -0.558. The summed E-state index contributed by atoms with van der Waals surface area (Å²) < 4.78 is 11.6. The molecule has 2 heterocycles. The summed E-state index contributed by atoms with van der Waals surface area (Å²) in [6, 6.07) is 16.7. The largest absolute Gasteiger partial charge is 0.507 e. The number of nitrogens with two attached hydrogens (primary N) is 1. The molecule has 1 saturated heterocycles. The standard InChI is InChI=1S/C27H32N4O4/c1-27(2,3)35-26(33)31-14-8-11-19(16-31)20-15-21(30-25(28)29-20)24-22(32)12-7-13-23(24)34-17-18-9-5-4-6-10-18/h4-7,9-10,12-13,15,19,32H,8,11,14,16-17H2,1-3H3,(H2,28,29,30). The first-order valence-electron chi connectivity index (χ1n) is 11.8. The van der Waals surface area contributed by atoms with Crippen LogP contribution >= 0.6 is 0 Å². The van der Waals surface area contributed by atoms with Gasteiger partial charge in [0.25, 0.3) is 0 Å². The summed E-state index contributed by atoms with van der Waals surface area (Å²) in [5.74, 6) is 0.611. The predicted octanol–water partition coefficient (Wildman–Crippen LogP) is 5.12. The monoisotopic (exact) mass is 476 g/mol. The van der Waals surface area contributed by atoms with Crippen LogP contribution in [0.15, 0.2) is 54.6 Å². The minimum absolute atomic E-state index is 0.0279. The van der Waals surface area contributed by atoms with Crippen LogP contribution in [-0.4, -0.2) is 44.8 Å². The number of aromatic hydroxyl groups is 1. The molecular formula is C27H32N4O4. The minimum Gasteiger partial charge on any atom is -0.507 e. The number of amides is 1. The number of hydrogen-bond acceptors (Lipinski definition) is 7. The first-order valence-corrected chi connectivity index (χ1v) is 11.8. The molecule has 0 radical (unpaired) electrons. The van der Waals surface area contributed by atoms with Crippen LogP contribution in [0.5, 0.6) is 11.5 Å². The molecule has 3 N–H and O–H groups in total. The summed E-state index contributed by atoms with van der Waals surface area (Å²) >= 11 is 0. The molecule has 3 aromatic rings. The number of likely N-dealkylation sites (tertiary alicyclic amines) is 1. The van der Waals surface area contributed by atoms with Crippen molar-refractivity contribution in [1.29, 1.82) is 0 Å². The number of phenols is 1. The van der Waals surface area contributed by atoms with E-state index >= 15 is 0 Å². The molecule has 8 nitrogen and oxygen atoms in total. The van der Waals surface area contributed by atoms with Crippen molar-refractivity contribution in [3.63, 3.8) is 0 Å². The number of hydrogen-bond donors (Lipinski definition) is 2. The fraction of sp³-hybridized carbons (Fsp3) is 0.370. The molecule has 1 aromatic heterocycles. The Morgan fingerprint density at radius 2 is 1.91 bits per heavy atom. The van der Waals surface area contributed by atoms with Gasteiger partial charge in [-0.15, -0.1) is 0 Å². The van der Waals surface area contributed by atoms with Crippen molar-refractivity contribution in [2.45, 2.75) is 51.7 Å². The van der Waals surface area contributed by atoms with E-state index in [0.717, 1.165) is 24.1 Å². The first-order chi connectivity index (χ1) is 16.7. The van der Waals surface area contributed by atoms with Gasteiger partial charge in [0.15, 0.2) is 0 Å². The summed E-state index contributed by atoms with van der Waals surface area (Å²) in [6.45, 7) is 7.02. The normalized spacial score (nSPS) is 16.1. The molecule has 0 spiro atoms. The van der Waals surface area contributed by atoms with Gasteiger partial charge in [-0.2, -0.15) is 0 Å². The molecule has 1 aliphatic rings. The number of piperidine rings is 1. The Labute approximate surface area is 205 Å². The number of carbonyl (C=O) groups is 1. The van der Waals surface area contributed by atoms with E-state index in [1.807, 2.05) is 57.2 Å². The number of nitrogen functional groups attached to an aromatic ring is 1. The van der Waals surface area contributed by atoms with Gasteiger partial charge < -0.3 is 25.2 Å². The van der Waals surface area contributed by atoms with Crippen molar-refractivity contribution in [2.75, 3.05) is 18.8 Å². The van der Waals surface area contributed by atoms with Crippen LogP contribution < -0.4 is 10.5 Å². The Morgan fingerprint density at radius 3 is 2.66 bits per heavy atom. The zero-order valence-electron chi connectivity index (χ0n) is 20.4. The lowest BCUT2D eigenvalue weighted by molar-refractivity contribution is 0.0197. The molecule has 0 saturated carbocycles. The van der Waals surface area contributed by atoms with Crippen molar-refractivity contribution >= 4 is 12.0 Å². The maximum atomic E-state index is 12.6. The number of aromatic nitrogens is 2. The molecule has 1 atom stereocenters. The van der Waals surface area contributed by atoms with Crippen LogP contribution in [0, 0.1) is 0 Å². The van der Waals surface area contributed by atoms with Crippen molar-refractivity contribution in [2.24, 2.45) is 0 Å². The molecule has 1 amide bonds. The highest BCUT2D eigenvalue weighted by molar-refractivity contribution is 5.74. The third kappa shape index (κ3) is 6.20. The molecule has 1 unspecified atom stereocenters. The number of benzene rings is 2. The van der Waals surface area contributed by atoms with E-state index in [1.54, 1.807) is 23.1 Å². The van der Waals surface area contributed by atoms with Crippen LogP contribution in [0.1, 0.15) is 50.8 Å². The molecule has 4 rings (SSSR count). The number of rotatable bonds is 5. The summed E-state index contributed by atoms with van der Waals surface area (Å²) in [4.78, 5) is 23.2. The fourth-order valence-corrected chi connectivity index (χ4v) is 4.17. The highest BCUT2D eigenvalue weighted by Gasteiger charge is 2.30. The van der Waals surface area contributed by atoms with Crippen LogP contribution in [0.3, 0.4) is 0 Å². The van der Waals surface area contributed by atoms with Gasteiger partial charge in [-0.3, -0.25) is 0 Å². The van der Waals surface area contributed by atoms with Crippen LogP contribution in [0.2, 0.25) is 0 Å². The highest BCUT2D eigenvalue weighted by atomic mass is 16.6. The summed E-state index contributed by atoms with van der Waals surface area (Å²) in [5, 5.41) is 10.7. The van der Waals surface area contributed by atoms with Gasteiger partial charge >= 0.3 is 6.09 Å². The summed E-state index contributed by atoms with van der Waals surface area (Å²) in [7, 11) is 0. The smallest absolute Gasteiger partial charge is 0.410 e. The highest BCUT2D eigenvalue weighted by Crippen LogP contribution is 2.39. The van der Waals surface area contributed by atoms with Crippen LogP contribution in [0.25, 0.3) is 11.3 Å². The van der Waals surface area contributed by atoms with Crippen molar-refractivity contribution in [3.05, 3.63) is 65.9 Å². The van der Waals surface area contributed by atoms with Crippen LogP contribution in [0.4, 0.5) is 10.7 Å². The van der Waals surface area contributed by atoms with E-state index in [9.17, 15) is 9.90 Å². The molecule has 0 aliphatic carbocycles. The third-order valence-corrected chi connectivity index (χ3v) is 5.75. The van der Waals surface area contributed by atoms with E-state index in [1.165, 1.54) is 0 Å². The predicted molar refractivity (Wildman–Crippen MR) is 134 cm³/mol. The third-order valence-electron chi connectivity index (χ3n) is 5.75. The van der Waals surface area contributed by atoms with Gasteiger partial charge in [0.2, 0.25) is 5.95 Å². The van der Waals surface area contributed by atoms with Gasteiger partial charge in [0.1, 0.15) is 23.7 Å². The van der Waals surface area contributed by atoms with Gasteiger partial charge in [0, 0.05) is 19.0 Å². The van der Waals surface area contributed by atoms with E-state index in [0.29, 0.717) is 36.7 Å². The Kier molecular flexibility index (Phi) is 7.10. The maximum Gasteiger partial charge on any atom is 0.410 e. The number of phenolic OH excluding ortho intramolecular Hbond substituents is 1. The van der Waals surface area contributed by atoms with Gasteiger partial charge in [-0.1, -0.05) is 36.4 Å². The molecule has 1 aliphatic heterocycles. The molecular weight excluding hydrogens is 444 g/mol. The average molecular weight is 477 g/mol. The second-order valence-electron chi connectivity index (χ2n) is 9.73. The lowest BCUT2D eigenvalue weighted by atomic mass is 9.93. The number of carbonyl (C=O) groups excluding carboxylic acids is 1. The van der Waals surface area contributed by atoms with E-state index in [2.05, 4.69) is 9.97 Å². The van der Waals surface area contributed by atoms with Crippen LogP contribution in [-0.2, 0) is 11.3 Å². The molecule has 1 fully saturated rings. The number of nitrogens with zero attached hydrogens (tertiary/aromatic N) is 3.